The van der Waals surface area contributed by atoms with Gasteiger partial charge in [-0.3, -0.25) is 0 Å². The number of hydrogen-bond acceptors (Lipinski definition) is 0. The molecule has 0 aliphatic rings. The van der Waals surface area contributed by atoms with Gasteiger partial charge in [-0.15, -0.1) is 0 Å². The molecule has 11 heavy (non-hydrogen) atoms. The molecule has 0 fully saturated rings. The van der Waals surface area contributed by atoms with E-state index in [1.165, 1.54) is 26.5 Å². The van der Waals surface area contributed by atoms with E-state index in [-0.39, 0.29) is 0 Å². The summed E-state index contributed by atoms with van der Waals surface area (Å²) in [5.41, 5.74) is 5.69. The number of hydrogen-bond donors (Lipinski definition) is 0. The second-order valence-corrected chi connectivity index (χ2v) is 3.39. The molecule has 0 N–H and O–H groups in total. The molecule has 0 unspecified atom stereocenters. The third-order valence-corrected chi connectivity index (χ3v) is 2.74. The molecule has 54 valence electrons. The molecule has 0 aromatic heterocycles. The SMILES string of the molecule is [Li][c]1c(C)c(C)cc(C)c1C. The molecule has 0 radical (unpaired) electrons. The summed E-state index contributed by atoms with van der Waals surface area (Å²) in [5.74, 6) is 0. The summed E-state index contributed by atoms with van der Waals surface area (Å²) in [6.45, 7) is 8.73. The molecule has 0 spiro atoms. The summed E-state index contributed by atoms with van der Waals surface area (Å²) in [4.78, 5) is 0. The molecule has 0 aliphatic heterocycles. The van der Waals surface area contributed by atoms with Crippen LogP contribution in [0.1, 0.15) is 22.3 Å². The van der Waals surface area contributed by atoms with Crippen LogP contribution < -0.4 is 4.24 Å². The first-order valence-electron chi connectivity index (χ1n) is 4.08. The van der Waals surface area contributed by atoms with Gasteiger partial charge in [0.2, 0.25) is 0 Å². The Morgan fingerprint density at radius 1 is 0.909 bits per heavy atom. The van der Waals surface area contributed by atoms with Crippen LogP contribution in [0.15, 0.2) is 6.07 Å². The van der Waals surface area contributed by atoms with Crippen molar-refractivity contribution in [3.8, 4) is 0 Å². The number of rotatable bonds is 0. The molecule has 0 bridgehead atoms. The van der Waals surface area contributed by atoms with E-state index in [2.05, 4.69) is 51.5 Å². The molecule has 0 atom stereocenters. The second kappa shape index (κ2) is 3.05. The van der Waals surface area contributed by atoms with Crippen LogP contribution in [0.25, 0.3) is 0 Å². The Kier molecular flexibility index (Phi) is 2.47. The zero-order valence-corrected chi connectivity index (χ0v) is 8.08. The van der Waals surface area contributed by atoms with E-state index < -0.39 is 0 Å². The molecule has 1 aromatic rings. The topological polar surface area (TPSA) is 0 Å². The van der Waals surface area contributed by atoms with Crippen molar-refractivity contribution in [1.29, 1.82) is 0 Å². The molecule has 0 aliphatic carbocycles. The average molecular weight is 140 g/mol. The van der Waals surface area contributed by atoms with Gasteiger partial charge >= 0.3 is 78.0 Å². The minimum atomic E-state index is 1.41. The van der Waals surface area contributed by atoms with Crippen molar-refractivity contribution in [1.82, 2.24) is 0 Å². The van der Waals surface area contributed by atoms with Gasteiger partial charge in [-0.25, -0.2) is 0 Å². The maximum atomic E-state index is 2.26. The van der Waals surface area contributed by atoms with Gasteiger partial charge in [0.15, 0.2) is 0 Å². The van der Waals surface area contributed by atoms with Crippen LogP contribution in [0.3, 0.4) is 0 Å². The summed E-state index contributed by atoms with van der Waals surface area (Å²) in [7, 11) is 0. The zero-order valence-electron chi connectivity index (χ0n) is 8.08. The predicted octanol–water partition coefficient (Wildman–Crippen LogP) is 1.71. The van der Waals surface area contributed by atoms with Gasteiger partial charge in [-0.1, -0.05) is 0 Å². The van der Waals surface area contributed by atoms with E-state index in [9.17, 15) is 0 Å². The molecule has 0 amide bonds. The summed E-state index contributed by atoms with van der Waals surface area (Å²) in [6, 6.07) is 2.26. The van der Waals surface area contributed by atoms with Crippen LogP contribution in [-0.4, -0.2) is 17.7 Å². The first-order valence-corrected chi connectivity index (χ1v) is 4.08. The van der Waals surface area contributed by atoms with E-state index >= 15 is 0 Å². The first-order chi connectivity index (χ1) is 5.04. The number of aryl methyl sites for hydroxylation is 2. The van der Waals surface area contributed by atoms with Crippen molar-refractivity contribution in [2.75, 3.05) is 0 Å². The van der Waals surface area contributed by atoms with Gasteiger partial charge < -0.3 is 0 Å². The Morgan fingerprint density at radius 3 is 1.64 bits per heavy atom. The van der Waals surface area contributed by atoms with Crippen molar-refractivity contribution in [3.05, 3.63) is 28.3 Å². The first kappa shape index (κ1) is 8.91. The van der Waals surface area contributed by atoms with Crippen LogP contribution in [0.4, 0.5) is 0 Å². The van der Waals surface area contributed by atoms with Crippen LogP contribution in [-0.2, 0) is 0 Å². The third-order valence-electron chi connectivity index (χ3n) is 2.74. The van der Waals surface area contributed by atoms with Gasteiger partial charge in [0.1, 0.15) is 0 Å². The van der Waals surface area contributed by atoms with Crippen LogP contribution >= 0.6 is 0 Å². The molecule has 0 saturated carbocycles. The Labute approximate surface area is 78.2 Å². The van der Waals surface area contributed by atoms with Crippen LogP contribution in [0.5, 0.6) is 0 Å². The van der Waals surface area contributed by atoms with Gasteiger partial charge in [0.25, 0.3) is 0 Å². The Balaban J connectivity index is 3.46. The summed E-state index contributed by atoms with van der Waals surface area (Å²) in [6.07, 6.45) is 0. The summed E-state index contributed by atoms with van der Waals surface area (Å²) >= 11 is 2.20. The molecule has 0 saturated heterocycles. The van der Waals surface area contributed by atoms with Gasteiger partial charge in [0, 0.05) is 0 Å². The van der Waals surface area contributed by atoms with E-state index in [0.717, 1.165) is 0 Å². The second-order valence-electron chi connectivity index (χ2n) is 3.39. The fourth-order valence-electron chi connectivity index (χ4n) is 1.41. The van der Waals surface area contributed by atoms with Gasteiger partial charge in [-0.05, 0) is 0 Å². The van der Waals surface area contributed by atoms with E-state index in [1.54, 1.807) is 0 Å². The monoisotopic (exact) mass is 140 g/mol. The molecule has 1 aromatic carbocycles. The van der Waals surface area contributed by atoms with Gasteiger partial charge in [0.05, 0.1) is 0 Å². The maximum absolute atomic E-state index is 2.26. The van der Waals surface area contributed by atoms with Crippen molar-refractivity contribution in [2.45, 2.75) is 27.7 Å². The van der Waals surface area contributed by atoms with Crippen LogP contribution in [0, 0.1) is 27.7 Å². The number of benzene rings is 1. The van der Waals surface area contributed by atoms with Crippen molar-refractivity contribution >= 4 is 22.0 Å². The third kappa shape index (κ3) is 1.53. The Hall–Kier alpha value is -0.183. The summed E-state index contributed by atoms with van der Waals surface area (Å²) < 4.78 is 1.45. The Bertz CT molecular complexity index is 261. The van der Waals surface area contributed by atoms with Crippen molar-refractivity contribution in [3.63, 3.8) is 0 Å². The normalized spacial score (nSPS) is 10.4. The standard InChI is InChI=1S/C10H13.Li/c1-7-5-9(3)10(4)6-8(7)2;/h5H,1-4H3;. The summed E-state index contributed by atoms with van der Waals surface area (Å²) in [5, 5.41) is 0. The van der Waals surface area contributed by atoms with Crippen LogP contribution in [0.2, 0.25) is 0 Å². The fourth-order valence-corrected chi connectivity index (χ4v) is 1.41. The quantitative estimate of drug-likeness (QED) is 0.481. The molecule has 0 heterocycles. The van der Waals surface area contributed by atoms with Crippen molar-refractivity contribution < 1.29 is 0 Å². The molecule has 0 nitrogen and oxygen atoms in total. The van der Waals surface area contributed by atoms with Crippen molar-refractivity contribution in [2.24, 2.45) is 0 Å². The van der Waals surface area contributed by atoms with Gasteiger partial charge in [-0.2, -0.15) is 0 Å². The molecule has 1 rings (SSSR count). The minimum absolute atomic E-state index is 1.41. The van der Waals surface area contributed by atoms with E-state index in [1.807, 2.05) is 0 Å². The molecular formula is C10H13Li. The van der Waals surface area contributed by atoms with E-state index in [4.69, 9.17) is 0 Å². The Morgan fingerprint density at radius 2 is 1.27 bits per heavy atom. The molecular weight excluding hydrogens is 127 g/mol. The van der Waals surface area contributed by atoms with E-state index in [0.29, 0.717) is 0 Å². The molecule has 1 heteroatoms. The average Bonchev–Trinajstić information content (AvgIpc) is 1.97. The zero-order chi connectivity index (χ0) is 8.59. The fraction of sp³-hybridized carbons (Fsp3) is 0.400. The predicted molar refractivity (Wildman–Crippen MR) is 50.8 cm³/mol.